The van der Waals surface area contributed by atoms with E-state index in [4.69, 9.17) is 28.6 Å². The molecule has 0 aliphatic rings. The Morgan fingerprint density at radius 2 is 1.60 bits per heavy atom. The summed E-state index contributed by atoms with van der Waals surface area (Å²) in [7, 11) is 0. The lowest BCUT2D eigenvalue weighted by atomic mass is 10.0. The van der Waals surface area contributed by atoms with Gasteiger partial charge in [-0.15, -0.1) is 0 Å². The van der Waals surface area contributed by atoms with Crippen LogP contribution in [0.25, 0.3) is 0 Å². The van der Waals surface area contributed by atoms with E-state index in [0.717, 1.165) is 11.6 Å². The molecule has 43 heavy (non-hydrogen) atoms. The van der Waals surface area contributed by atoms with Crippen molar-refractivity contribution in [3.05, 3.63) is 115 Å². The largest absolute Gasteiger partial charge is 0.494 e. The van der Waals surface area contributed by atoms with Gasteiger partial charge < -0.3 is 33.7 Å². The van der Waals surface area contributed by atoms with Gasteiger partial charge in [-0.25, -0.2) is 9.59 Å². The summed E-state index contributed by atoms with van der Waals surface area (Å²) in [4.78, 5) is 33.3. The quantitative estimate of drug-likeness (QED) is 0.0224. The third-order valence-corrected chi connectivity index (χ3v) is 5.79. The number of rotatable bonds is 18. The van der Waals surface area contributed by atoms with Crippen molar-refractivity contribution < 1.29 is 48.2 Å². The second kappa shape index (κ2) is 17.7. The first-order chi connectivity index (χ1) is 20.9. The normalized spacial score (nSPS) is 10.9. The monoisotopic (exact) mass is 590 g/mol. The first kappa shape index (κ1) is 32.5. The van der Waals surface area contributed by atoms with Gasteiger partial charge in [0.1, 0.15) is 23.0 Å². The predicted octanol–water partition coefficient (Wildman–Crippen LogP) is 5.80. The zero-order chi connectivity index (χ0) is 30.9. The van der Waals surface area contributed by atoms with Gasteiger partial charge in [0.15, 0.2) is 6.26 Å². The van der Waals surface area contributed by atoms with Crippen LogP contribution in [0, 0.1) is 6.92 Å². The maximum Gasteiger partial charge on any atom is 0.343 e. The highest BCUT2D eigenvalue weighted by Crippen LogP contribution is 2.25. The molecule has 0 aromatic heterocycles. The van der Waals surface area contributed by atoms with Crippen molar-refractivity contribution in [1.29, 1.82) is 0 Å². The maximum absolute atomic E-state index is 12.6. The molecule has 0 bridgehead atoms. The molecule has 0 fully saturated rings. The Labute approximate surface area is 250 Å². The van der Waals surface area contributed by atoms with Gasteiger partial charge in [-0.05, 0) is 72.6 Å². The fraction of sp³-hybridized carbons (Fsp3) is 0.242. The van der Waals surface area contributed by atoms with Crippen LogP contribution in [0.15, 0.2) is 98.0 Å². The average molecular weight is 591 g/mol. The molecule has 0 radical (unpaired) electrons. The number of aryl methyl sites for hydroxylation is 1. The smallest absolute Gasteiger partial charge is 0.343 e. The maximum atomic E-state index is 12.6. The molecular formula is C33H34O10. The molecule has 10 heteroatoms. The SMILES string of the molecule is C=C=COOCCCOc1ccc(OCOc2ccc(OC(=O)c3ccc(C(O)CCOC(=O)C=C)cc3)cc2C)cc1. The van der Waals surface area contributed by atoms with Crippen LogP contribution in [0.2, 0.25) is 0 Å². The first-order valence-electron chi connectivity index (χ1n) is 13.4. The Kier molecular flexibility index (Phi) is 13.4. The second-order valence-corrected chi connectivity index (χ2v) is 8.94. The Morgan fingerprint density at radius 3 is 2.28 bits per heavy atom. The van der Waals surface area contributed by atoms with Crippen LogP contribution < -0.4 is 18.9 Å². The lowest BCUT2D eigenvalue weighted by Gasteiger charge is -2.13. The van der Waals surface area contributed by atoms with Crippen molar-refractivity contribution in [3.8, 4) is 23.0 Å². The number of benzene rings is 3. The van der Waals surface area contributed by atoms with Gasteiger partial charge in [0.25, 0.3) is 0 Å². The van der Waals surface area contributed by atoms with E-state index >= 15 is 0 Å². The summed E-state index contributed by atoms with van der Waals surface area (Å²) in [5.74, 6) is 1.13. The van der Waals surface area contributed by atoms with Crippen LogP contribution in [0.5, 0.6) is 23.0 Å². The summed E-state index contributed by atoms with van der Waals surface area (Å²) in [6.07, 6.45) is 2.30. The van der Waals surface area contributed by atoms with E-state index in [0.29, 0.717) is 53.8 Å². The summed E-state index contributed by atoms with van der Waals surface area (Å²) >= 11 is 0. The van der Waals surface area contributed by atoms with Crippen LogP contribution in [-0.4, -0.2) is 43.7 Å². The molecule has 3 aromatic rings. The topological polar surface area (TPSA) is 119 Å². The number of aliphatic hydroxyl groups excluding tert-OH is 1. The van der Waals surface area contributed by atoms with Crippen LogP contribution in [0.3, 0.4) is 0 Å². The average Bonchev–Trinajstić information content (AvgIpc) is 3.02. The first-order valence-corrected chi connectivity index (χ1v) is 13.4. The standard InChI is InChI=1S/C33H34O10/c1-4-18-41-42-20-6-19-37-27-11-13-28(14-12-27)39-23-40-31-16-15-29(22-24(31)3)43-33(36)26-9-7-25(8-10-26)30(34)17-21-38-32(35)5-2/h5,7-16,18,22,30,34H,1-2,6,17,19-21,23H2,3H3. The van der Waals surface area contributed by atoms with Crippen molar-refractivity contribution in [2.24, 2.45) is 0 Å². The molecule has 0 saturated heterocycles. The van der Waals surface area contributed by atoms with Gasteiger partial charge >= 0.3 is 11.9 Å². The van der Waals surface area contributed by atoms with Crippen molar-refractivity contribution in [1.82, 2.24) is 0 Å². The number of ether oxygens (including phenoxy) is 5. The van der Waals surface area contributed by atoms with E-state index in [1.165, 1.54) is 6.26 Å². The van der Waals surface area contributed by atoms with E-state index in [9.17, 15) is 14.7 Å². The Hall–Kier alpha value is -5.02. The van der Waals surface area contributed by atoms with E-state index in [-0.39, 0.29) is 19.8 Å². The summed E-state index contributed by atoms with van der Waals surface area (Å²) < 4.78 is 27.4. The van der Waals surface area contributed by atoms with Crippen molar-refractivity contribution in [3.63, 3.8) is 0 Å². The molecule has 0 aliphatic heterocycles. The molecule has 3 aromatic carbocycles. The molecule has 0 amide bonds. The third-order valence-electron chi connectivity index (χ3n) is 5.79. The highest BCUT2D eigenvalue weighted by atomic mass is 17.2. The Morgan fingerprint density at radius 1 is 0.907 bits per heavy atom. The van der Waals surface area contributed by atoms with Crippen molar-refractivity contribution in [2.45, 2.75) is 25.9 Å². The Balaban J connectivity index is 1.40. The molecule has 0 saturated carbocycles. The van der Waals surface area contributed by atoms with Gasteiger partial charge in [0.05, 0.1) is 31.5 Å². The number of esters is 2. The van der Waals surface area contributed by atoms with E-state index in [1.54, 1.807) is 66.7 Å². The lowest BCUT2D eigenvalue weighted by molar-refractivity contribution is -0.249. The lowest BCUT2D eigenvalue weighted by Crippen LogP contribution is -2.10. The second-order valence-electron chi connectivity index (χ2n) is 8.94. The van der Waals surface area contributed by atoms with Gasteiger partial charge in [-0.1, -0.05) is 31.0 Å². The highest BCUT2D eigenvalue weighted by molar-refractivity contribution is 5.91. The number of aliphatic hydroxyl groups is 1. The predicted molar refractivity (Wildman–Crippen MR) is 157 cm³/mol. The molecule has 226 valence electrons. The zero-order valence-electron chi connectivity index (χ0n) is 23.9. The third kappa shape index (κ3) is 11.4. The Bertz CT molecular complexity index is 1380. The van der Waals surface area contributed by atoms with E-state index in [2.05, 4.69) is 23.8 Å². The molecule has 1 unspecified atom stereocenters. The summed E-state index contributed by atoms with van der Waals surface area (Å²) in [5, 5.41) is 10.3. The van der Waals surface area contributed by atoms with Crippen LogP contribution in [0.4, 0.5) is 0 Å². The van der Waals surface area contributed by atoms with Crippen LogP contribution >= 0.6 is 0 Å². The number of hydrogen-bond donors (Lipinski definition) is 1. The number of hydrogen-bond acceptors (Lipinski definition) is 10. The summed E-state index contributed by atoms with van der Waals surface area (Å²) in [6, 6.07) is 18.5. The summed E-state index contributed by atoms with van der Waals surface area (Å²) in [5.41, 5.74) is 4.09. The van der Waals surface area contributed by atoms with E-state index < -0.39 is 18.0 Å². The fourth-order valence-corrected chi connectivity index (χ4v) is 3.57. The van der Waals surface area contributed by atoms with E-state index in [1.807, 2.05) is 6.92 Å². The fourth-order valence-electron chi connectivity index (χ4n) is 3.57. The molecule has 0 heterocycles. The molecule has 1 atom stereocenters. The molecule has 0 aliphatic carbocycles. The highest BCUT2D eigenvalue weighted by Gasteiger charge is 2.13. The van der Waals surface area contributed by atoms with Crippen LogP contribution in [0.1, 0.15) is 40.4 Å². The molecule has 1 N–H and O–H groups in total. The zero-order valence-corrected chi connectivity index (χ0v) is 23.9. The molecular weight excluding hydrogens is 556 g/mol. The minimum absolute atomic E-state index is 0.0223. The summed E-state index contributed by atoms with van der Waals surface area (Å²) in [6.45, 7) is 9.37. The van der Waals surface area contributed by atoms with Crippen molar-refractivity contribution in [2.75, 3.05) is 26.6 Å². The van der Waals surface area contributed by atoms with Crippen molar-refractivity contribution >= 4 is 11.9 Å². The molecule has 0 spiro atoms. The molecule has 3 rings (SSSR count). The molecule has 10 nitrogen and oxygen atoms in total. The van der Waals surface area contributed by atoms with Gasteiger partial charge in [-0.2, -0.15) is 4.89 Å². The minimum atomic E-state index is -0.849. The van der Waals surface area contributed by atoms with Gasteiger partial charge in [-0.3, -0.25) is 0 Å². The van der Waals surface area contributed by atoms with Gasteiger partial charge in [0, 0.05) is 18.9 Å². The van der Waals surface area contributed by atoms with Gasteiger partial charge in [0.2, 0.25) is 6.79 Å². The number of carbonyl (C=O) groups excluding carboxylic acids is 2. The number of carbonyl (C=O) groups is 2. The van der Waals surface area contributed by atoms with Crippen LogP contribution in [-0.2, 0) is 19.3 Å². The minimum Gasteiger partial charge on any atom is -0.494 e.